The van der Waals surface area contributed by atoms with Gasteiger partial charge < -0.3 is 0 Å². The first-order chi connectivity index (χ1) is 11.4. The topological polar surface area (TPSA) is 82.1 Å². The Balaban J connectivity index is 2.03. The molecule has 0 spiro atoms. The van der Waals surface area contributed by atoms with Crippen LogP contribution in [0.4, 0.5) is 11.6 Å². The lowest BCUT2D eigenvalue weighted by atomic mass is 10.3. The molecule has 8 nitrogen and oxygen atoms in total. The Morgan fingerprint density at radius 1 is 1.04 bits per heavy atom. The predicted molar refractivity (Wildman–Crippen MR) is 96.5 cm³/mol. The van der Waals surface area contributed by atoms with Gasteiger partial charge >= 0.3 is 5.69 Å². The van der Waals surface area contributed by atoms with Crippen LogP contribution in [-0.2, 0) is 25.4 Å². The van der Waals surface area contributed by atoms with Crippen LogP contribution in [0.15, 0.2) is 33.9 Å². The number of carbonyl (C=O) groups is 1. The van der Waals surface area contributed by atoms with Gasteiger partial charge in [-0.1, -0.05) is 0 Å². The summed E-state index contributed by atoms with van der Waals surface area (Å²) in [6.45, 7) is 0.0191. The second-order valence-electron chi connectivity index (χ2n) is 5.58. The molecule has 1 aliphatic heterocycles. The summed E-state index contributed by atoms with van der Waals surface area (Å²) in [5.74, 6) is 0.186. The van der Waals surface area contributed by atoms with Gasteiger partial charge in [-0.2, -0.15) is 4.98 Å². The minimum Gasteiger partial charge on any atom is -0.294 e. The Morgan fingerprint density at radius 2 is 1.71 bits per heavy atom. The maximum atomic E-state index is 12.5. The van der Waals surface area contributed by atoms with Gasteiger partial charge in [-0.05, 0) is 46.9 Å². The van der Waals surface area contributed by atoms with Crippen LogP contribution in [0.2, 0.25) is 0 Å². The zero-order valence-electron chi connectivity index (χ0n) is 12.9. The molecular formula is C15H12IN5O3. The maximum Gasteiger partial charge on any atom is 0.332 e. The molecule has 9 heteroatoms. The predicted octanol–water partition coefficient (Wildman–Crippen LogP) is 0.717. The number of benzene rings is 1. The first kappa shape index (κ1) is 15.1. The summed E-state index contributed by atoms with van der Waals surface area (Å²) in [5.41, 5.74) is 0.314. The molecule has 0 bridgehead atoms. The zero-order chi connectivity index (χ0) is 17.2. The molecule has 1 aromatic carbocycles. The minimum absolute atomic E-state index is 0.0191. The van der Waals surface area contributed by atoms with Crippen LogP contribution < -0.4 is 16.1 Å². The summed E-state index contributed by atoms with van der Waals surface area (Å²) in [5, 5.41) is 0. The van der Waals surface area contributed by atoms with E-state index in [0.717, 1.165) is 8.14 Å². The molecule has 4 rings (SSSR count). The van der Waals surface area contributed by atoms with Crippen molar-refractivity contribution in [3.05, 3.63) is 48.7 Å². The number of hydrogen-bond donors (Lipinski definition) is 0. The van der Waals surface area contributed by atoms with E-state index in [4.69, 9.17) is 0 Å². The Kier molecular flexibility index (Phi) is 3.17. The van der Waals surface area contributed by atoms with Crippen LogP contribution in [0.3, 0.4) is 0 Å². The number of fused-ring (bicyclic) bond motifs is 3. The van der Waals surface area contributed by atoms with Crippen molar-refractivity contribution in [1.82, 2.24) is 18.7 Å². The van der Waals surface area contributed by atoms with Gasteiger partial charge in [-0.25, -0.2) is 9.69 Å². The van der Waals surface area contributed by atoms with E-state index in [2.05, 4.69) is 27.6 Å². The van der Waals surface area contributed by atoms with Crippen molar-refractivity contribution < 1.29 is 4.79 Å². The number of nitrogens with zero attached hydrogens (tertiary/aromatic N) is 5. The van der Waals surface area contributed by atoms with Gasteiger partial charge in [0.1, 0.15) is 6.54 Å². The molecule has 0 fully saturated rings. The van der Waals surface area contributed by atoms with Gasteiger partial charge in [0.05, 0.1) is 5.69 Å². The SMILES string of the molecule is Cn1c(=O)c2c(nc3n2CC(=O)N3c2ccc(I)cc2)n(C)c1=O. The fourth-order valence-electron chi connectivity index (χ4n) is 2.92. The van der Waals surface area contributed by atoms with E-state index in [1.165, 1.54) is 16.5 Å². The van der Waals surface area contributed by atoms with Crippen molar-refractivity contribution in [1.29, 1.82) is 0 Å². The van der Waals surface area contributed by atoms with Gasteiger partial charge in [0, 0.05) is 17.7 Å². The summed E-state index contributed by atoms with van der Waals surface area (Å²) in [6, 6.07) is 7.43. The van der Waals surface area contributed by atoms with Crippen LogP contribution in [0.25, 0.3) is 11.2 Å². The molecule has 0 atom stereocenters. The van der Waals surface area contributed by atoms with E-state index in [0.29, 0.717) is 11.6 Å². The van der Waals surface area contributed by atoms with Crippen LogP contribution in [0.5, 0.6) is 0 Å². The summed E-state index contributed by atoms with van der Waals surface area (Å²) < 4.78 is 4.96. The van der Waals surface area contributed by atoms with Gasteiger partial charge in [-0.15, -0.1) is 0 Å². The quantitative estimate of drug-likeness (QED) is 0.526. The maximum absolute atomic E-state index is 12.5. The van der Waals surface area contributed by atoms with Crippen molar-refractivity contribution in [3.63, 3.8) is 0 Å². The largest absolute Gasteiger partial charge is 0.332 e. The zero-order valence-corrected chi connectivity index (χ0v) is 15.0. The number of aryl methyl sites for hydroxylation is 1. The van der Waals surface area contributed by atoms with Crippen molar-refractivity contribution in [2.45, 2.75) is 6.54 Å². The third-order valence-electron chi connectivity index (χ3n) is 4.16. The third kappa shape index (κ3) is 1.90. The fourth-order valence-corrected chi connectivity index (χ4v) is 3.28. The highest BCUT2D eigenvalue weighted by Crippen LogP contribution is 2.32. The molecule has 0 saturated heterocycles. The van der Waals surface area contributed by atoms with E-state index in [1.807, 2.05) is 24.3 Å². The van der Waals surface area contributed by atoms with Gasteiger partial charge in [0.25, 0.3) is 11.5 Å². The van der Waals surface area contributed by atoms with E-state index >= 15 is 0 Å². The van der Waals surface area contributed by atoms with Crippen molar-refractivity contribution in [3.8, 4) is 0 Å². The average molecular weight is 437 g/mol. The monoisotopic (exact) mass is 437 g/mol. The first-order valence-corrected chi connectivity index (χ1v) is 8.23. The highest BCUT2D eigenvalue weighted by Gasteiger charge is 2.34. The van der Waals surface area contributed by atoms with E-state index in [1.54, 1.807) is 11.6 Å². The van der Waals surface area contributed by atoms with Gasteiger partial charge in [0.2, 0.25) is 5.95 Å². The lowest BCUT2D eigenvalue weighted by Gasteiger charge is -2.13. The lowest BCUT2D eigenvalue weighted by molar-refractivity contribution is -0.117. The molecule has 1 amide bonds. The fraction of sp³-hybridized carbons (Fsp3) is 0.200. The Morgan fingerprint density at radius 3 is 2.38 bits per heavy atom. The Bertz CT molecular complexity index is 1120. The number of aromatic nitrogens is 4. The smallest absolute Gasteiger partial charge is 0.294 e. The average Bonchev–Trinajstić information content (AvgIpc) is 3.06. The number of anilines is 2. The van der Waals surface area contributed by atoms with Gasteiger partial charge in [-0.3, -0.25) is 23.3 Å². The molecule has 2 aromatic heterocycles. The van der Waals surface area contributed by atoms with Crippen molar-refractivity contribution >= 4 is 51.3 Å². The Hall–Kier alpha value is -2.43. The molecule has 3 heterocycles. The molecule has 0 aliphatic carbocycles. The van der Waals surface area contributed by atoms with Crippen molar-refractivity contribution in [2.75, 3.05) is 4.90 Å². The number of rotatable bonds is 1. The van der Waals surface area contributed by atoms with Crippen LogP contribution in [-0.4, -0.2) is 24.6 Å². The van der Waals surface area contributed by atoms with Crippen LogP contribution >= 0.6 is 22.6 Å². The first-order valence-electron chi connectivity index (χ1n) is 7.15. The standard InChI is InChI=1S/C15H12IN5O3/c1-18-12-11(13(23)19(2)15(18)24)20-7-10(22)21(14(20)17-12)9-5-3-8(16)4-6-9/h3-6H,7H2,1-2H3. The van der Waals surface area contributed by atoms with E-state index in [9.17, 15) is 14.4 Å². The minimum atomic E-state index is -0.455. The lowest BCUT2D eigenvalue weighted by Crippen LogP contribution is -2.37. The molecule has 0 unspecified atom stereocenters. The molecule has 3 aromatic rings. The molecule has 24 heavy (non-hydrogen) atoms. The highest BCUT2D eigenvalue weighted by molar-refractivity contribution is 14.1. The molecular weight excluding hydrogens is 425 g/mol. The second-order valence-corrected chi connectivity index (χ2v) is 6.83. The summed E-state index contributed by atoms with van der Waals surface area (Å²) in [6.07, 6.45) is 0. The molecule has 122 valence electrons. The number of carbonyl (C=O) groups excluding carboxylic acids is 1. The second kappa shape index (κ2) is 5.03. The molecule has 1 aliphatic rings. The third-order valence-corrected chi connectivity index (χ3v) is 4.87. The van der Waals surface area contributed by atoms with Crippen LogP contribution in [0.1, 0.15) is 0 Å². The summed E-state index contributed by atoms with van der Waals surface area (Å²) in [4.78, 5) is 42.9. The number of halogens is 1. The highest BCUT2D eigenvalue weighted by atomic mass is 127. The Labute approximate surface area is 149 Å². The normalized spacial score (nSPS) is 13.8. The number of imidazole rings is 1. The number of amides is 1. The van der Waals surface area contributed by atoms with Crippen molar-refractivity contribution in [2.24, 2.45) is 14.1 Å². The van der Waals surface area contributed by atoms with Crippen LogP contribution in [0, 0.1) is 3.57 Å². The van der Waals surface area contributed by atoms with Gasteiger partial charge in [0.15, 0.2) is 11.2 Å². The van der Waals surface area contributed by atoms with E-state index in [-0.39, 0.29) is 23.6 Å². The summed E-state index contributed by atoms with van der Waals surface area (Å²) in [7, 11) is 2.97. The molecule has 0 radical (unpaired) electrons. The molecule has 0 saturated carbocycles. The summed E-state index contributed by atoms with van der Waals surface area (Å²) >= 11 is 2.19. The number of hydrogen-bond acceptors (Lipinski definition) is 4. The van der Waals surface area contributed by atoms with E-state index < -0.39 is 11.2 Å². The molecule has 0 N–H and O–H groups in total.